The van der Waals surface area contributed by atoms with Crippen molar-refractivity contribution in [3.63, 3.8) is 0 Å². The Morgan fingerprint density at radius 1 is 0.868 bits per heavy atom. The van der Waals surface area contributed by atoms with Gasteiger partial charge in [0.1, 0.15) is 6.79 Å². The molecular weight excluding hydrogens is 492 g/mol. The molecule has 0 aliphatic heterocycles. The Labute approximate surface area is 229 Å². The third-order valence-corrected chi connectivity index (χ3v) is 9.66. The first kappa shape index (κ1) is 28.9. The van der Waals surface area contributed by atoms with Gasteiger partial charge in [0.05, 0.1) is 32.5 Å². The Morgan fingerprint density at radius 2 is 1.55 bits per heavy atom. The molecule has 0 spiro atoms. The number of allylic oxidation sites excluding steroid dienone is 1. The van der Waals surface area contributed by atoms with E-state index in [1.54, 1.807) is 6.08 Å². The minimum atomic E-state index is -1.15. The van der Waals surface area contributed by atoms with Gasteiger partial charge in [-0.25, -0.2) is 0 Å². The molecule has 0 saturated heterocycles. The van der Waals surface area contributed by atoms with Crippen LogP contribution in [0, 0.1) is 17.3 Å². The lowest BCUT2D eigenvalue weighted by Gasteiger charge is -2.52. The molecule has 2 aromatic rings. The maximum absolute atomic E-state index is 12.5. The second-order valence-corrected chi connectivity index (χ2v) is 17.6. The molecule has 38 heavy (non-hydrogen) atoms. The number of hydrogen-bond acceptors (Lipinski definition) is 5. The number of rotatable bonds is 14. The zero-order valence-electron chi connectivity index (χ0n) is 23.3. The summed E-state index contributed by atoms with van der Waals surface area (Å²) in [5.74, 6) is 0.480. The molecule has 5 nitrogen and oxygen atoms in total. The Bertz CT molecular complexity index is 1020. The lowest BCUT2D eigenvalue weighted by molar-refractivity contribution is -0.160. The highest BCUT2D eigenvalue weighted by Crippen LogP contribution is 2.51. The van der Waals surface area contributed by atoms with Crippen LogP contribution in [0.5, 0.6) is 0 Å². The van der Waals surface area contributed by atoms with Crippen molar-refractivity contribution in [1.82, 2.24) is 0 Å². The molecular formula is C32H44O5Si. The SMILES string of the molecule is C[Si](C)(C)CCOCOC[C@]12C=CC(=O)C[C@@H]1CC[C@@H](OCc1ccccc1)[C@@H]2COCc1ccccc1. The molecule has 0 bridgehead atoms. The van der Waals surface area contributed by atoms with Gasteiger partial charge in [0, 0.05) is 32.4 Å². The maximum atomic E-state index is 12.5. The van der Waals surface area contributed by atoms with Crippen LogP contribution in [0.3, 0.4) is 0 Å². The molecule has 0 radical (unpaired) electrons. The van der Waals surface area contributed by atoms with Crippen LogP contribution in [0.4, 0.5) is 0 Å². The van der Waals surface area contributed by atoms with Gasteiger partial charge >= 0.3 is 0 Å². The normalized spacial score (nSPS) is 25.3. The van der Waals surface area contributed by atoms with Crippen molar-refractivity contribution >= 4 is 13.9 Å². The zero-order valence-corrected chi connectivity index (χ0v) is 24.3. The number of hydrogen-bond donors (Lipinski definition) is 0. The number of ketones is 1. The van der Waals surface area contributed by atoms with Crippen molar-refractivity contribution in [2.75, 3.05) is 26.6 Å². The predicted octanol–water partition coefficient (Wildman–Crippen LogP) is 6.66. The maximum Gasteiger partial charge on any atom is 0.155 e. The van der Waals surface area contributed by atoms with E-state index in [1.165, 1.54) is 0 Å². The molecule has 2 aromatic carbocycles. The van der Waals surface area contributed by atoms with Crippen LogP contribution < -0.4 is 0 Å². The first-order valence-corrected chi connectivity index (χ1v) is 17.7. The highest BCUT2D eigenvalue weighted by Gasteiger charge is 2.52. The molecule has 0 heterocycles. The lowest BCUT2D eigenvalue weighted by atomic mass is 9.56. The number of carbonyl (C=O) groups is 1. The van der Waals surface area contributed by atoms with Crippen molar-refractivity contribution < 1.29 is 23.7 Å². The number of fused-ring (bicyclic) bond motifs is 1. The lowest BCUT2D eigenvalue weighted by Crippen LogP contribution is -2.54. The number of carbonyl (C=O) groups excluding carboxylic acids is 1. The molecule has 1 fully saturated rings. The Balaban J connectivity index is 1.48. The predicted molar refractivity (Wildman–Crippen MR) is 153 cm³/mol. The van der Waals surface area contributed by atoms with Crippen LogP contribution in [0.25, 0.3) is 0 Å². The molecule has 4 rings (SSSR count). The third kappa shape index (κ3) is 8.20. The van der Waals surface area contributed by atoms with E-state index >= 15 is 0 Å². The van der Waals surface area contributed by atoms with Gasteiger partial charge in [-0.3, -0.25) is 4.79 Å². The van der Waals surface area contributed by atoms with Crippen LogP contribution in [-0.2, 0) is 37.0 Å². The van der Waals surface area contributed by atoms with Gasteiger partial charge < -0.3 is 18.9 Å². The van der Waals surface area contributed by atoms with E-state index in [1.807, 2.05) is 36.4 Å². The molecule has 206 valence electrons. The van der Waals surface area contributed by atoms with Crippen molar-refractivity contribution in [2.24, 2.45) is 17.3 Å². The van der Waals surface area contributed by atoms with Gasteiger partial charge in [0.25, 0.3) is 0 Å². The first-order valence-electron chi connectivity index (χ1n) is 14.0. The van der Waals surface area contributed by atoms with Gasteiger partial charge in [-0.2, -0.15) is 0 Å². The Morgan fingerprint density at radius 3 is 2.24 bits per heavy atom. The summed E-state index contributed by atoms with van der Waals surface area (Å²) in [6.07, 6.45) is 6.28. The summed E-state index contributed by atoms with van der Waals surface area (Å²) in [4.78, 5) is 12.5. The minimum Gasteiger partial charge on any atom is -0.376 e. The van der Waals surface area contributed by atoms with E-state index in [-0.39, 0.29) is 35.9 Å². The van der Waals surface area contributed by atoms with Gasteiger partial charge in [0.2, 0.25) is 0 Å². The summed E-state index contributed by atoms with van der Waals surface area (Å²) in [6.45, 7) is 10.2. The van der Waals surface area contributed by atoms with Crippen LogP contribution in [0.2, 0.25) is 25.7 Å². The highest BCUT2D eigenvalue weighted by molar-refractivity contribution is 6.76. The molecule has 6 heteroatoms. The molecule has 4 atom stereocenters. The summed E-state index contributed by atoms with van der Waals surface area (Å²) in [5, 5.41) is 0. The average molecular weight is 537 g/mol. The fraction of sp³-hybridized carbons (Fsp3) is 0.531. The monoisotopic (exact) mass is 536 g/mol. The number of benzene rings is 2. The van der Waals surface area contributed by atoms with Crippen molar-refractivity contribution in [3.05, 3.63) is 83.9 Å². The van der Waals surface area contributed by atoms with Crippen LogP contribution in [0.15, 0.2) is 72.8 Å². The molecule has 0 aromatic heterocycles. The van der Waals surface area contributed by atoms with Crippen molar-refractivity contribution in [1.29, 1.82) is 0 Å². The standard InChI is InChI=1S/C32H44O5Si/c1-38(2,3)19-18-34-25-36-24-32-17-16-29(33)20-28(32)14-15-31(37-22-27-12-8-5-9-13-27)30(32)23-35-21-26-10-6-4-7-11-26/h4-13,16-17,28,30-31H,14-15,18-25H2,1-3H3/t28-,30-,31+,32+/m0/s1. The van der Waals surface area contributed by atoms with E-state index < -0.39 is 8.07 Å². The van der Waals surface area contributed by atoms with Gasteiger partial charge in [-0.1, -0.05) is 86.4 Å². The van der Waals surface area contributed by atoms with Gasteiger partial charge in [-0.15, -0.1) is 0 Å². The third-order valence-electron chi connectivity index (χ3n) is 7.96. The van der Waals surface area contributed by atoms with Gasteiger partial charge in [0.15, 0.2) is 5.78 Å². The highest BCUT2D eigenvalue weighted by atomic mass is 28.3. The fourth-order valence-corrected chi connectivity index (χ4v) is 6.46. The Hall–Kier alpha value is -2.09. The first-order chi connectivity index (χ1) is 18.4. The van der Waals surface area contributed by atoms with Crippen LogP contribution in [-0.4, -0.2) is 46.6 Å². The summed E-state index contributed by atoms with van der Waals surface area (Å²) in [6, 6.07) is 21.7. The second-order valence-electron chi connectivity index (χ2n) is 12.0. The van der Waals surface area contributed by atoms with Crippen molar-refractivity contribution in [3.8, 4) is 0 Å². The average Bonchev–Trinajstić information content (AvgIpc) is 2.91. The summed E-state index contributed by atoms with van der Waals surface area (Å²) in [7, 11) is -1.15. The molecule has 0 amide bonds. The van der Waals surface area contributed by atoms with Crippen LogP contribution >= 0.6 is 0 Å². The number of ether oxygens (including phenoxy) is 4. The van der Waals surface area contributed by atoms with E-state index in [2.05, 4.69) is 50.0 Å². The molecule has 0 unspecified atom stereocenters. The van der Waals surface area contributed by atoms with E-state index in [0.29, 0.717) is 32.8 Å². The minimum absolute atomic E-state index is 0.0106. The van der Waals surface area contributed by atoms with E-state index in [0.717, 1.165) is 36.6 Å². The van der Waals surface area contributed by atoms with E-state index in [4.69, 9.17) is 18.9 Å². The molecule has 1 saturated carbocycles. The fourth-order valence-electron chi connectivity index (χ4n) is 5.70. The van der Waals surface area contributed by atoms with E-state index in [9.17, 15) is 4.79 Å². The molecule has 0 N–H and O–H groups in total. The smallest absolute Gasteiger partial charge is 0.155 e. The largest absolute Gasteiger partial charge is 0.376 e. The summed E-state index contributed by atoms with van der Waals surface area (Å²) < 4.78 is 25.0. The molecule has 2 aliphatic carbocycles. The summed E-state index contributed by atoms with van der Waals surface area (Å²) >= 11 is 0. The quantitative estimate of drug-likeness (QED) is 0.154. The summed E-state index contributed by atoms with van der Waals surface area (Å²) in [5.41, 5.74) is 1.98. The topological polar surface area (TPSA) is 54.0 Å². The Kier molecular flexibility index (Phi) is 10.5. The zero-order chi connectivity index (χ0) is 26.8. The second kappa shape index (κ2) is 13.8. The van der Waals surface area contributed by atoms with Gasteiger partial charge in [-0.05, 0) is 42.0 Å². The van der Waals surface area contributed by atoms with Crippen LogP contribution in [0.1, 0.15) is 30.4 Å². The molecule has 2 aliphatic rings. The van der Waals surface area contributed by atoms with Crippen molar-refractivity contribution in [2.45, 2.75) is 64.3 Å².